The molecule has 2 aromatic carbocycles. The third kappa shape index (κ3) is 4.39. The maximum atomic E-state index is 12.7. The van der Waals surface area contributed by atoms with Crippen molar-refractivity contribution in [1.82, 2.24) is 15.1 Å². The number of aromatic nitrogens is 2. The molecule has 2 amide bonds. The van der Waals surface area contributed by atoms with Gasteiger partial charge in [-0.25, -0.2) is 4.79 Å². The molecule has 0 spiro atoms. The number of hydrogen-bond acceptors (Lipinski definition) is 5. The highest BCUT2D eigenvalue weighted by molar-refractivity contribution is 5.91. The van der Waals surface area contributed by atoms with Gasteiger partial charge in [-0.05, 0) is 25.1 Å². The van der Waals surface area contributed by atoms with Crippen molar-refractivity contribution >= 4 is 22.5 Å². The standard InChI is InChI=1S/C22H24N4O3/c1-2-28-20-10-6-5-9-19(20)24-22(27)26-13-11-17(12-14-26)29-21-18-8-4-3-7-16(18)15-23-25-21/h3-10,15,17H,2,11-14H2,1H3,(H,24,27). The van der Waals surface area contributed by atoms with Crippen molar-refractivity contribution in [3.63, 3.8) is 0 Å². The van der Waals surface area contributed by atoms with Gasteiger partial charge in [0.1, 0.15) is 11.9 Å². The molecule has 1 aliphatic rings. The van der Waals surface area contributed by atoms with Crippen molar-refractivity contribution in [3.8, 4) is 11.6 Å². The number of nitrogens with zero attached hydrogens (tertiary/aromatic N) is 3. The number of anilines is 1. The minimum Gasteiger partial charge on any atom is -0.492 e. The van der Waals surface area contributed by atoms with Crippen LogP contribution in [0.2, 0.25) is 0 Å². The Hall–Kier alpha value is -3.35. The van der Waals surface area contributed by atoms with Gasteiger partial charge in [0, 0.05) is 36.7 Å². The van der Waals surface area contributed by atoms with E-state index >= 15 is 0 Å². The summed E-state index contributed by atoms with van der Waals surface area (Å²) < 4.78 is 11.7. The Kier molecular flexibility index (Phi) is 5.74. The van der Waals surface area contributed by atoms with Crippen LogP contribution < -0.4 is 14.8 Å². The Balaban J connectivity index is 1.35. The highest BCUT2D eigenvalue weighted by Crippen LogP contribution is 2.26. The first-order chi connectivity index (χ1) is 14.2. The number of amides is 2. The molecule has 0 radical (unpaired) electrons. The fraction of sp³-hybridized carbons (Fsp3) is 0.318. The summed E-state index contributed by atoms with van der Waals surface area (Å²) in [6.45, 7) is 3.70. The van der Waals surface area contributed by atoms with Crippen LogP contribution in [-0.4, -0.2) is 46.9 Å². The molecule has 150 valence electrons. The summed E-state index contributed by atoms with van der Waals surface area (Å²) in [5, 5.41) is 13.1. The molecule has 0 bridgehead atoms. The predicted octanol–water partition coefficient (Wildman–Crippen LogP) is 4.10. The minimum atomic E-state index is -0.124. The first-order valence-electron chi connectivity index (χ1n) is 9.89. The summed E-state index contributed by atoms with van der Waals surface area (Å²) >= 11 is 0. The van der Waals surface area contributed by atoms with E-state index in [0.717, 1.165) is 23.6 Å². The summed E-state index contributed by atoms with van der Waals surface area (Å²) in [6.07, 6.45) is 3.22. The van der Waals surface area contributed by atoms with Crippen molar-refractivity contribution in [2.24, 2.45) is 0 Å². The molecular weight excluding hydrogens is 368 g/mol. The van der Waals surface area contributed by atoms with E-state index in [4.69, 9.17) is 9.47 Å². The van der Waals surface area contributed by atoms with Crippen molar-refractivity contribution in [3.05, 3.63) is 54.7 Å². The molecule has 0 unspecified atom stereocenters. The molecule has 2 heterocycles. The predicted molar refractivity (Wildman–Crippen MR) is 111 cm³/mol. The minimum absolute atomic E-state index is 0.00914. The van der Waals surface area contributed by atoms with Crippen molar-refractivity contribution < 1.29 is 14.3 Å². The fourth-order valence-electron chi connectivity index (χ4n) is 3.47. The zero-order valence-corrected chi connectivity index (χ0v) is 16.4. The molecule has 4 rings (SSSR count). The Morgan fingerprint density at radius 2 is 1.90 bits per heavy atom. The van der Waals surface area contributed by atoms with Gasteiger partial charge in [-0.3, -0.25) is 0 Å². The van der Waals surface area contributed by atoms with Crippen molar-refractivity contribution in [2.75, 3.05) is 25.0 Å². The summed E-state index contributed by atoms with van der Waals surface area (Å²) in [6, 6.07) is 15.2. The Bertz CT molecular complexity index is 981. The average molecular weight is 392 g/mol. The number of likely N-dealkylation sites (tertiary alicyclic amines) is 1. The first-order valence-corrected chi connectivity index (χ1v) is 9.89. The number of carbonyl (C=O) groups is 1. The molecule has 0 aliphatic carbocycles. The van der Waals surface area contributed by atoms with Crippen molar-refractivity contribution in [2.45, 2.75) is 25.9 Å². The van der Waals surface area contributed by atoms with E-state index in [1.54, 1.807) is 11.1 Å². The van der Waals surface area contributed by atoms with Crippen LogP contribution >= 0.6 is 0 Å². The quantitative estimate of drug-likeness (QED) is 0.707. The van der Waals surface area contributed by atoms with E-state index in [0.29, 0.717) is 37.0 Å². The molecule has 7 nitrogen and oxygen atoms in total. The van der Waals surface area contributed by atoms with Crippen LogP contribution in [0, 0.1) is 0 Å². The van der Waals surface area contributed by atoms with Crippen LogP contribution in [0.15, 0.2) is 54.7 Å². The third-order valence-corrected chi connectivity index (χ3v) is 4.97. The lowest BCUT2D eigenvalue weighted by Crippen LogP contribution is -2.43. The second-order valence-electron chi connectivity index (χ2n) is 6.90. The zero-order chi connectivity index (χ0) is 20.1. The molecule has 1 aliphatic heterocycles. The molecule has 1 N–H and O–H groups in total. The number of ether oxygens (including phenoxy) is 2. The van der Waals surface area contributed by atoms with Crippen LogP contribution in [-0.2, 0) is 0 Å². The van der Waals surface area contributed by atoms with E-state index in [9.17, 15) is 4.79 Å². The van der Waals surface area contributed by atoms with Gasteiger partial charge in [0.2, 0.25) is 5.88 Å². The number of urea groups is 1. The smallest absolute Gasteiger partial charge is 0.321 e. The van der Waals surface area contributed by atoms with E-state index < -0.39 is 0 Å². The van der Waals surface area contributed by atoms with E-state index in [1.165, 1.54) is 0 Å². The average Bonchev–Trinajstić information content (AvgIpc) is 2.76. The second-order valence-corrected chi connectivity index (χ2v) is 6.90. The lowest BCUT2D eigenvalue weighted by molar-refractivity contribution is 0.112. The number of benzene rings is 2. The van der Waals surface area contributed by atoms with Gasteiger partial charge in [0.15, 0.2) is 0 Å². The number of carbonyl (C=O) groups excluding carboxylic acids is 1. The Labute approximate surface area is 169 Å². The Morgan fingerprint density at radius 1 is 1.14 bits per heavy atom. The topological polar surface area (TPSA) is 76.6 Å². The first kappa shape index (κ1) is 19.0. The third-order valence-electron chi connectivity index (χ3n) is 4.97. The number of hydrogen-bond donors (Lipinski definition) is 1. The van der Waals surface area contributed by atoms with Crippen molar-refractivity contribution in [1.29, 1.82) is 0 Å². The molecular formula is C22H24N4O3. The second kappa shape index (κ2) is 8.77. The van der Waals surface area contributed by atoms with Gasteiger partial charge in [-0.2, -0.15) is 5.10 Å². The number of fused-ring (bicyclic) bond motifs is 1. The summed E-state index contributed by atoms with van der Waals surface area (Å²) in [5.74, 6) is 1.23. The lowest BCUT2D eigenvalue weighted by Gasteiger charge is -2.32. The van der Waals surface area contributed by atoms with Crippen LogP contribution in [0.1, 0.15) is 19.8 Å². The van der Waals surface area contributed by atoms with Crippen LogP contribution in [0.3, 0.4) is 0 Å². The summed E-state index contributed by atoms with van der Waals surface area (Å²) in [5.41, 5.74) is 0.684. The van der Waals surface area contributed by atoms with Gasteiger partial charge >= 0.3 is 6.03 Å². The lowest BCUT2D eigenvalue weighted by atomic mass is 10.1. The normalized spacial score (nSPS) is 14.6. The molecule has 7 heteroatoms. The van der Waals surface area contributed by atoms with E-state index in [1.807, 2.05) is 55.5 Å². The van der Waals surface area contributed by atoms with Gasteiger partial charge < -0.3 is 19.7 Å². The molecule has 29 heavy (non-hydrogen) atoms. The molecule has 0 saturated carbocycles. The molecule has 3 aromatic rings. The fourth-order valence-corrected chi connectivity index (χ4v) is 3.47. The number of nitrogens with one attached hydrogen (secondary N) is 1. The number of para-hydroxylation sites is 2. The molecule has 1 saturated heterocycles. The number of piperidine rings is 1. The molecule has 1 aromatic heterocycles. The van der Waals surface area contributed by atoms with E-state index in [2.05, 4.69) is 15.5 Å². The van der Waals surface area contributed by atoms with Gasteiger partial charge in [-0.1, -0.05) is 30.3 Å². The highest BCUT2D eigenvalue weighted by Gasteiger charge is 2.25. The zero-order valence-electron chi connectivity index (χ0n) is 16.4. The Morgan fingerprint density at radius 3 is 2.72 bits per heavy atom. The van der Waals surface area contributed by atoms with Crippen LogP contribution in [0.4, 0.5) is 10.5 Å². The largest absolute Gasteiger partial charge is 0.492 e. The number of rotatable bonds is 5. The monoisotopic (exact) mass is 392 g/mol. The van der Waals surface area contributed by atoms with Gasteiger partial charge in [-0.15, -0.1) is 5.10 Å². The summed E-state index contributed by atoms with van der Waals surface area (Å²) in [4.78, 5) is 14.5. The molecule has 0 atom stereocenters. The van der Waals surface area contributed by atoms with Crippen LogP contribution in [0.5, 0.6) is 11.6 Å². The highest BCUT2D eigenvalue weighted by atomic mass is 16.5. The molecule has 1 fully saturated rings. The van der Waals surface area contributed by atoms with Gasteiger partial charge in [0.05, 0.1) is 18.5 Å². The van der Waals surface area contributed by atoms with Crippen LogP contribution in [0.25, 0.3) is 10.8 Å². The SMILES string of the molecule is CCOc1ccccc1NC(=O)N1CCC(Oc2nncc3ccccc23)CC1. The van der Waals surface area contributed by atoms with E-state index in [-0.39, 0.29) is 12.1 Å². The maximum Gasteiger partial charge on any atom is 0.321 e. The van der Waals surface area contributed by atoms with Gasteiger partial charge in [0.25, 0.3) is 0 Å². The maximum absolute atomic E-state index is 12.7. The summed E-state index contributed by atoms with van der Waals surface area (Å²) in [7, 11) is 0.